The number of hydrogen-bond donors (Lipinski definition) is 2. The van der Waals surface area contributed by atoms with E-state index in [4.69, 9.17) is 9.47 Å². The number of imide groups is 1. The number of carbonyl (C=O) groups is 3. The Kier molecular flexibility index (Phi) is 7.56. The van der Waals surface area contributed by atoms with Crippen LogP contribution in [0.25, 0.3) is 0 Å². The SMILES string of the molecule is CCNC(=O)NC(=O)[C@H](OC(=O)COc1cccc(C)c1C)c1ccccc1. The maximum Gasteiger partial charge on any atom is 0.345 e. The average molecular weight is 384 g/mol. The topological polar surface area (TPSA) is 93.7 Å². The summed E-state index contributed by atoms with van der Waals surface area (Å²) in [5.74, 6) is -0.891. The maximum absolute atomic E-state index is 12.4. The zero-order chi connectivity index (χ0) is 20.5. The Labute approximate surface area is 164 Å². The van der Waals surface area contributed by atoms with Gasteiger partial charge in [0.1, 0.15) is 5.75 Å². The molecule has 0 radical (unpaired) electrons. The summed E-state index contributed by atoms with van der Waals surface area (Å²) < 4.78 is 10.8. The van der Waals surface area contributed by atoms with Gasteiger partial charge in [-0.05, 0) is 38.0 Å². The average Bonchev–Trinajstić information content (AvgIpc) is 2.68. The molecule has 2 aromatic rings. The van der Waals surface area contributed by atoms with Crippen LogP contribution in [0.15, 0.2) is 48.5 Å². The van der Waals surface area contributed by atoms with Gasteiger partial charge in [-0.1, -0.05) is 42.5 Å². The maximum atomic E-state index is 12.4. The monoisotopic (exact) mass is 384 g/mol. The minimum atomic E-state index is -1.27. The van der Waals surface area contributed by atoms with Crippen molar-refractivity contribution in [1.82, 2.24) is 10.6 Å². The summed E-state index contributed by atoms with van der Waals surface area (Å²) in [5, 5.41) is 4.63. The van der Waals surface area contributed by atoms with E-state index < -0.39 is 24.0 Å². The Morgan fingerprint density at radius 1 is 1.00 bits per heavy atom. The molecule has 0 bridgehead atoms. The number of aryl methyl sites for hydroxylation is 1. The molecular formula is C21H24N2O5. The third-order valence-corrected chi connectivity index (χ3v) is 4.06. The van der Waals surface area contributed by atoms with Crippen molar-refractivity contribution in [3.05, 3.63) is 65.2 Å². The summed E-state index contributed by atoms with van der Waals surface area (Å²) in [6, 6.07) is 13.3. The van der Waals surface area contributed by atoms with E-state index in [9.17, 15) is 14.4 Å². The molecule has 2 N–H and O–H groups in total. The van der Waals surface area contributed by atoms with Crippen molar-refractivity contribution in [3.8, 4) is 5.75 Å². The minimum Gasteiger partial charge on any atom is -0.482 e. The van der Waals surface area contributed by atoms with Gasteiger partial charge in [0, 0.05) is 12.1 Å². The van der Waals surface area contributed by atoms with E-state index in [2.05, 4.69) is 10.6 Å². The number of benzene rings is 2. The molecule has 2 rings (SSSR count). The third-order valence-electron chi connectivity index (χ3n) is 4.06. The molecule has 0 aliphatic carbocycles. The molecule has 2 aromatic carbocycles. The molecule has 0 fully saturated rings. The fourth-order valence-electron chi connectivity index (χ4n) is 2.47. The highest BCUT2D eigenvalue weighted by Gasteiger charge is 2.26. The van der Waals surface area contributed by atoms with Gasteiger partial charge in [0.05, 0.1) is 0 Å². The van der Waals surface area contributed by atoms with E-state index in [0.717, 1.165) is 11.1 Å². The summed E-state index contributed by atoms with van der Waals surface area (Å²) in [6.07, 6.45) is -1.27. The Hall–Kier alpha value is -3.35. The predicted molar refractivity (Wildman–Crippen MR) is 104 cm³/mol. The lowest BCUT2D eigenvalue weighted by atomic mass is 10.1. The van der Waals surface area contributed by atoms with Crippen LogP contribution in [0.2, 0.25) is 0 Å². The van der Waals surface area contributed by atoms with Crippen molar-refractivity contribution in [3.63, 3.8) is 0 Å². The lowest BCUT2D eigenvalue weighted by Crippen LogP contribution is -2.42. The predicted octanol–water partition coefficient (Wildman–Crippen LogP) is 2.81. The Morgan fingerprint density at radius 2 is 1.71 bits per heavy atom. The molecule has 0 aromatic heterocycles. The van der Waals surface area contributed by atoms with E-state index in [1.54, 1.807) is 43.3 Å². The van der Waals surface area contributed by atoms with E-state index in [0.29, 0.717) is 17.9 Å². The molecule has 7 heteroatoms. The van der Waals surface area contributed by atoms with Gasteiger partial charge < -0.3 is 14.8 Å². The lowest BCUT2D eigenvalue weighted by Gasteiger charge is -2.18. The molecule has 0 saturated carbocycles. The lowest BCUT2D eigenvalue weighted by molar-refractivity contribution is -0.158. The first-order valence-electron chi connectivity index (χ1n) is 8.94. The van der Waals surface area contributed by atoms with E-state index in [-0.39, 0.29) is 6.61 Å². The second-order valence-corrected chi connectivity index (χ2v) is 6.12. The van der Waals surface area contributed by atoms with Gasteiger partial charge >= 0.3 is 12.0 Å². The van der Waals surface area contributed by atoms with Crippen molar-refractivity contribution in [2.24, 2.45) is 0 Å². The summed E-state index contributed by atoms with van der Waals surface area (Å²) in [6.45, 7) is 5.56. The van der Waals surface area contributed by atoms with Gasteiger partial charge in [0.2, 0.25) is 6.10 Å². The van der Waals surface area contributed by atoms with Crippen molar-refractivity contribution in [2.45, 2.75) is 26.9 Å². The Balaban J connectivity index is 2.06. The Bertz CT molecular complexity index is 836. The highest BCUT2D eigenvalue weighted by molar-refractivity contribution is 5.97. The number of ether oxygens (including phenoxy) is 2. The van der Waals surface area contributed by atoms with Gasteiger partial charge in [-0.3, -0.25) is 10.1 Å². The number of carbonyl (C=O) groups excluding carboxylic acids is 3. The number of esters is 1. The van der Waals surface area contributed by atoms with Gasteiger partial charge in [0.25, 0.3) is 5.91 Å². The van der Waals surface area contributed by atoms with Crippen LogP contribution >= 0.6 is 0 Å². The number of nitrogens with one attached hydrogen (secondary N) is 2. The van der Waals surface area contributed by atoms with Crippen LogP contribution in [0.3, 0.4) is 0 Å². The molecule has 0 saturated heterocycles. The van der Waals surface area contributed by atoms with Gasteiger partial charge in [0.15, 0.2) is 6.61 Å². The first kappa shape index (κ1) is 21.0. The van der Waals surface area contributed by atoms with Gasteiger partial charge in [-0.2, -0.15) is 0 Å². The van der Waals surface area contributed by atoms with Crippen molar-refractivity contribution >= 4 is 17.9 Å². The zero-order valence-corrected chi connectivity index (χ0v) is 16.2. The molecule has 7 nitrogen and oxygen atoms in total. The summed E-state index contributed by atoms with van der Waals surface area (Å²) in [7, 11) is 0. The second kappa shape index (κ2) is 10.1. The molecule has 148 valence electrons. The van der Waals surface area contributed by atoms with Crippen LogP contribution < -0.4 is 15.4 Å². The standard InChI is InChI=1S/C21H24N2O5/c1-4-22-21(26)23-20(25)19(16-10-6-5-7-11-16)28-18(24)13-27-17-12-8-9-14(2)15(17)3/h5-12,19H,4,13H2,1-3H3,(H2,22,23,25,26)/t19-/m1/s1. The number of amides is 3. The Morgan fingerprint density at radius 3 is 2.39 bits per heavy atom. The largest absolute Gasteiger partial charge is 0.482 e. The zero-order valence-electron chi connectivity index (χ0n) is 16.2. The number of rotatable bonds is 7. The fourth-order valence-corrected chi connectivity index (χ4v) is 2.47. The van der Waals surface area contributed by atoms with Crippen LogP contribution in [0, 0.1) is 13.8 Å². The highest BCUT2D eigenvalue weighted by Crippen LogP contribution is 2.21. The molecule has 3 amide bonds. The van der Waals surface area contributed by atoms with E-state index >= 15 is 0 Å². The molecule has 0 spiro atoms. The first-order valence-corrected chi connectivity index (χ1v) is 8.94. The molecular weight excluding hydrogens is 360 g/mol. The molecule has 28 heavy (non-hydrogen) atoms. The van der Waals surface area contributed by atoms with Crippen LogP contribution in [0.5, 0.6) is 5.75 Å². The van der Waals surface area contributed by atoms with Crippen LogP contribution in [-0.2, 0) is 14.3 Å². The summed E-state index contributed by atoms with van der Waals surface area (Å²) >= 11 is 0. The van der Waals surface area contributed by atoms with E-state index in [1.807, 2.05) is 26.0 Å². The minimum absolute atomic E-state index is 0.359. The van der Waals surface area contributed by atoms with Crippen LogP contribution in [0.4, 0.5) is 4.79 Å². The smallest absolute Gasteiger partial charge is 0.345 e. The van der Waals surface area contributed by atoms with Gasteiger partial charge in [-0.15, -0.1) is 0 Å². The first-order chi connectivity index (χ1) is 13.4. The highest BCUT2D eigenvalue weighted by atomic mass is 16.6. The quantitative estimate of drug-likeness (QED) is 0.716. The van der Waals surface area contributed by atoms with Crippen molar-refractivity contribution in [1.29, 1.82) is 0 Å². The van der Waals surface area contributed by atoms with Crippen molar-refractivity contribution in [2.75, 3.05) is 13.2 Å². The van der Waals surface area contributed by atoms with E-state index in [1.165, 1.54) is 0 Å². The molecule has 0 aliphatic heterocycles. The summed E-state index contributed by atoms with van der Waals surface area (Å²) in [5.41, 5.74) is 2.41. The molecule has 0 aliphatic rings. The third kappa shape index (κ3) is 5.84. The van der Waals surface area contributed by atoms with Crippen LogP contribution in [0.1, 0.15) is 29.7 Å². The van der Waals surface area contributed by atoms with Crippen LogP contribution in [-0.4, -0.2) is 31.1 Å². The summed E-state index contributed by atoms with van der Waals surface area (Å²) in [4.78, 5) is 36.4. The fraction of sp³-hybridized carbons (Fsp3) is 0.286. The second-order valence-electron chi connectivity index (χ2n) is 6.12. The van der Waals surface area contributed by atoms with Gasteiger partial charge in [-0.25, -0.2) is 9.59 Å². The number of hydrogen-bond acceptors (Lipinski definition) is 5. The molecule has 0 unspecified atom stereocenters. The number of urea groups is 1. The normalized spacial score (nSPS) is 11.2. The molecule has 1 atom stereocenters. The molecule has 0 heterocycles. The van der Waals surface area contributed by atoms with Crippen molar-refractivity contribution < 1.29 is 23.9 Å².